The van der Waals surface area contributed by atoms with Crippen LogP contribution in [0.3, 0.4) is 0 Å². The standard InChI is InChI=1S/C14H18BrN3O2/c1-19-13-6-10(5-12(15)14(13)20-2)7-16-4-3-11-8-17-9-18-11/h5-6,8-9,16H,3-4,7H2,1-2H3,(H,17,18). The first-order valence-electron chi connectivity index (χ1n) is 6.33. The Morgan fingerprint density at radius 2 is 2.15 bits per heavy atom. The zero-order chi connectivity index (χ0) is 14.4. The first kappa shape index (κ1) is 14.9. The molecule has 5 nitrogen and oxygen atoms in total. The normalized spacial score (nSPS) is 10.6. The van der Waals surface area contributed by atoms with Crippen LogP contribution in [0.4, 0.5) is 0 Å². The second-order valence-electron chi connectivity index (χ2n) is 4.32. The van der Waals surface area contributed by atoms with Crippen molar-refractivity contribution in [2.24, 2.45) is 0 Å². The molecule has 1 aromatic carbocycles. The van der Waals surface area contributed by atoms with Crippen molar-refractivity contribution in [3.63, 3.8) is 0 Å². The van der Waals surface area contributed by atoms with Gasteiger partial charge < -0.3 is 19.8 Å². The van der Waals surface area contributed by atoms with Crippen LogP contribution in [0, 0.1) is 0 Å². The number of benzene rings is 1. The van der Waals surface area contributed by atoms with E-state index >= 15 is 0 Å². The number of H-pyrrole nitrogens is 1. The van der Waals surface area contributed by atoms with Gasteiger partial charge in [-0.1, -0.05) is 0 Å². The topological polar surface area (TPSA) is 59.2 Å². The molecule has 1 heterocycles. The van der Waals surface area contributed by atoms with Crippen LogP contribution in [-0.2, 0) is 13.0 Å². The predicted octanol–water partition coefficient (Wildman–Crippen LogP) is 2.52. The highest BCUT2D eigenvalue weighted by Crippen LogP contribution is 2.36. The van der Waals surface area contributed by atoms with Crippen LogP contribution in [0.15, 0.2) is 29.1 Å². The molecule has 0 saturated carbocycles. The van der Waals surface area contributed by atoms with Gasteiger partial charge in [-0.25, -0.2) is 4.98 Å². The van der Waals surface area contributed by atoms with Crippen molar-refractivity contribution in [1.82, 2.24) is 15.3 Å². The zero-order valence-electron chi connectivity index (χ0n) is 11.6. The number of aromatic amines is 1. The Bertz CT molecular complexity index is 544. The summed E-state index contributed by atoms with van der Waals surface area (Å²) in [5, 5.41) is 3.39. The summed E-state index contributed by atoms with van der Waals surface area (Å²) in [5.41, 5.74) is 2.27. The van der Waals surface area contributed by atoms with E-state index in [-0.39, 0.29) is 0 Å². The lowest BCUT2D eigenvalue weighted by Gasteiger charge is -2.12. The molecule has 0 aliphatic rings. The van der Waals surface area contributed by atoms with Crippen LogP contribution in [0.2, 0.25) is 0 Å². The zero-order valence-corrected chi connectivity index (χ0v) is 13.2. The number of rotatable bonds is 7. The third-order valence-electron chi connectivity index (χ3n) is 2.95. The molecular formula is C14H18BrN3O2. The molecule has 0 amide bonds. The molecular weight excluding hydrogens is 322 g/mol. The van der Waals surface area contributed by atoms with Gasteiger partial charge in [0.25, 0.3) is 0 Å². The molecule has 0 aliphatic carbocycles. The lowest BCUT2D eigenvalue weighted by molar-refractivity contribution is 0.352. The maximum absolute atomic E-state index is 5.33. The van der Waals surface area contributed by atoms with Gasteiger partial charge in [-0.05, 0) is 33.6 Å². The van der Waals surface area contributed by atoms with Gasteiger partial charge in [0.05, 0.1) is 25.0 Å². The molecule has 0 saturated heterocycles. The summed E-state index contributed by atoms with van der Waals surface area (Å²) in [5.74, 6) is 1.45. The third-order valence-corrected chi connectivity index (χ3v) is 3.54. The van der Waals surface area contributed by atoms with Crippen molar-refractivity contribution >= 4 is 15.9 Å². The monoisotopic (exact) mass is 339 g/mol. The van der Waals surface area contributed by atoms with Crippen LogP contribution in [0.25, 0.3) is 0 Å². The molecule has 2 N–H and O–H groups in total. The summed E-state index contributed by atoms with van der Waals surface area (Å²) in [6.07, 6.45) is 4.46. The molecule has 0 bridgehead atoms. The van der Waals surface area contributed by atoms with Crippen molar-refractivity contribution in [3.8, 4) is 11.5 Å². The summed E-state index contributed by atoms with van der Waals surface area (Å²) in [4.78, 5) is 7.08. The Balaban J connectivity index is 1.91. The lowest BCUT2D eigenvalue weighted by atomic mass is 10.2. The van der Waals surface area contributed by atoms with Crippen molar-refractivity contribution in [2.45, 2.75) is 13.0 Å². The minimum Gasteiger partial charge on any atom is -0.493 e. The molecule has 1 aromatic heterocycles. The molecule has 0 fully saturated rings. The molecule has 0 unspecified atom stereocenters. The fraction of sp³-hybridized carbons (Fsp3) is 0.357. The second kappa shape index (κ2) is 7.31. The number of halogens is 1. The number of hydrogen-bond acceptors (Lipinski definition) is 4. The molecule has 2 rings (SSSR count). The molecule has 108 valence electrons. The molecule has 0 spiro atoms. The highest BCUT2D eigenvalue weighted by Gasteiger charge is 2.10. The molecule has 0 radical (unpaired) electrons. The maximum atomic E-state index is 5.33. The number of aromatic nitrogens is 2. The minimum atomic E-state index is 0.716. The summed E-state index contributed by atoms with van der Waals surface area (Å²) in [6.45, 7) is 1.65. The minimum absolute atomic E-state index is 0.716. The van der Waals surface area contributed by atoms with Crippen molar-refractivity contribution in [1.29, 1.82) is 0 Å². The van der Waals surface area contributed by atoms with Crippen molar-refractivity contribution < 1.29 is 9.47 Å². The maximum Gasteiger partial charge on any atom is 0.174 e. The van der Waals surface area contributed by atoms with Crippen LogP contribution < -0.4 is 14.8 Å². The Kier molecular flexibility index (Phi) is 5.43. The quantitative estimate of drug-likeness (QED) is 0.761. The molecule has 0 aliphatic heterocycles. The van der Waals surface area contributed by atoms with Crippen molar-refractivity contribution in [2.75, 3.05) is 20.8 Å². The van der Waals surface area contributed by atoms with Gasteiger partial charge in [-0.2, -0.15) is 0 Å². The van der Waals surface area contributed by atoms with E-state index in [2.05, 4.69) is 31.2 Å². The number of nitrogens with zero attached hydrogens (tertiary/aromatic N) is 1. The first-order chi connectivity index (χ1) is 9.74. The summed E-state index contributed by atoms with van der Waals surface area (Å²) in [7, 11) is 3.27. The SMILES string of the molecule is COc1cc(CNCCc2cnc[nH]2)cc(Br)c1OC. The van der Waals surface area contributed by atoms with E-state index in [1.807, 2.05) is 18.3 Å². The predicted molar refractivity (Wildman–Crippen MR) is 81.2 cm³/mol. The first-order valence-corrected chi connectivity index (χ1v) is 7.12. The van der Waals surface area contributed by atoms with E-state index < -0.39 is 0 Å². The highest BCUT2D eigenvalue weighted by molar-refractivity contribution is 9.10. The number of ether oxygens (including phenoxy) is 2. The van der Waals surface area contributed by atoms with Gasteiger partial charge in [-0.15, -0.1) is 0 Å². The van der Waals surface area contributed by atoms with Crippen LogP contribution in [0.1, 0.15) is 11.3 Å². The highest BCUT2D eigenvalue weighted by atomic mass is 79.9. The summed E-state index contributed by atoms with van der Waals surface area (Å²) >= 11 is 3.49. The van der Waals surface area contributed by atoms with E-state index in [1.54, 1.807) is 20.5 Å². The van der Waals surface area contributed by atoms with Gasteiger partial charge >= 0.3 is 0 Å². The van der Waals surface area contributed by atoms with E-state index in [9.17, 15) is 0 Å². The summed E-state index contributed by atoms with van der Waals surface area (Å²) < 4.78 is 11.5. The Hall–Kier alpha value is -1.53. The van der Waals surface area contributed by atoms with Gasteiger partial charge in [0.1, 0.15) is 0 Å². The number of hydrogen-bond donors (Lipinski definition) is 2. The molecule has 20 heavy (non-hydrogen) atoms. The van der Waals surface area contributed by atoms with E-state index in [4.69, 9.17) is 9.47 Å². The largest absolute Gasteiger partial charge is 0.493 e. The summed E-state index contributed by atoms with van der Waals surface area (Å²) in [6, 6.07) is 4.01. The lowest BCUT2D eigenvalue weighted by Crippen LogP contribution is -2.17. The molecule has 6 heteroatoms. The van der Waals surface area contributed by atoms with Gasteiger partial charge in [0.15, 0.2) is 11.5 Å². The number of nitrogens with one attached hydrogen (secondary N) is 2. The fourth-order valence-corrected chi connectivity index (χ4v) is 2.60. The van der Waals surface area contributed by atoms with Crippen LogP contribution in [0.5, 0.6) is 11.5 Å². The van der Waals surface area contributed by atoms with E-state index in [1.165, 1.54) is 0 Å². The fourth-order valence-electron chi connectivity index (χ4n) is 1.95. The number of methoxy groups -OCH3 is 2. The Morgan fingerprint density at radius 3 is 2.80 bits per heavy atom. The Morgan fingerprint density at radius 1 is 1.30 bits per heavy atom. The average Bonchev–Trinajstić information content (AvgIpc) is 2.96. The molecule has 2 aromatic rings. The van der Waals surface area contributed by atoms with Crippen LogP contribution >= 0.6 is 15.9 Å². The van der Waals surface area contributed by atoms with Gasteiger partial charge in [0.2, 0.25) is 0 Å². The van der Waals surface area contributed by atoms with Gasteiger partial charge in [0, 0.05) is 31.4 Å². The van der Waals surface area contributed by atoms with Gasteiger partial charge in [-0.3, -0.25) is 0 Å². The molecule has 0 atom stereocenters. The van der Waals surface area contributed by atoms with Crippen molar-refractivity contribution in [3.05, 3.63) is 40.4 Å². The third kappa shape index (κ3) is 3.74. The average molecular weight is 340 g/mol. The Labute approximate surface area is 126 Å². The second-order valence-corrected chi connectivity index (χ2v) is 5.17. The van der Waals surface area contributed by atoms with E-state index in [0.29, 0.717) is 5.75 Å². The van der Waals surface area contributed by atoms with E-state index in [0.717, 1.165) is 41.0 Å². The smallest absolute Gasteiger partial charge is 0.174 e. The van der Waals surface area contributed by atoms with Crippen LogP contribution in [-0.4, -0.2) is 30.7 Å². The number of imidazole rings is 1.